The van der Waals surface area contributed by atoms with Crippen LogP contribution in [0.2, 0.25) is 10.0 Å². The first kappa shape index (κ1) is 23.0. The highest BCUT2D eigenvalue weighted by Crippen LogP contribution is 2.25. The minimum Gasteiger partial charge on any atom is -0.325 e. The van der Waals surface area contributed by atoms with Gasteiger partial charge in [0.05, 0.1) is 41.1 Å². The molecule has 2 aromatic carbocycles. The Hall–Kier alpha value is -1.64. The standard InChI is InChI=1S/C21H25Cl2N3O3S/c1-15(2)16-3-6-18(7-4-16)30(28,29)26-11-9-25(10-12-26)14-21(27)24-17-5-8-19(22)20(23)13-17/h3-8,13,15H,9-12,14H2,1-2H3,(H,24,27)/p+1. The summed E-state index contributed by atoms with van der Waals surface area (Å²) >= 11 is 11.9. The van der Waals surface area contributed by atoms with Crippen molar-refractivity contribution in [3.05, 3.63) is 58.1 Å². The maximum atomic E-state index is 12.9. The van der Waals surface area contributed by atoms with E-state index in [4.69, 9.17) is 23.2 Å². The first-order chi connectivity index (χ1) is 14.2. The van der Waals surface area contributed by atoms with Crippen molar-refractivity contribution >= 4 is 44.8 Å². The maximum Gasteiger partial charge on any atom is 0.279 e. The summed E-state index contributed by atoms with van der Waals surface area (Å²) in [5, 5.41) is 3.61. The normalized spacial score (nSPS) is 16.0. The van der Waals surface area contributed by atoms with E-state index in [-0.39, 0.29) is 12.5 Å². The fourth-order valence-corrected chi connectivity index (χ4v) is 5.14. The zero-order chi connectivity index (χ0) is 21.9. The van der Waals surface area contributed by atoms with Gasteiger partial charge in [-0.15, -0.1) is 0 Å². The third-order valence-corrected chi connectivity index (χ3v) is 7.88. The third-order valence-electron chi connectivity index (χ3n) is 5.23. The van der Waals surface area contributed by atoms with E-state index in [0.29, 0.717) is 52.7 Å². The highest BCUT2D eigenvalue weighted by molar-refractivity contribution is 7.89. The van der Waals surface area contributed by atoms with Gasteiger partial charge in [0.25, 0.3) is 5.91 Å². The van der Waals surface area contributed by atoms with Crippen LogP contribution in [-0.2, 0) is 14.8 Å². The van der Waals surface area contributed by atoms with E-state index in [9.17, 15) is 13.2 Å². The van der Waals surface area contributed by atoms with Crippen LogP contribution < -0.4 is 10.2 Å². The molecule has 0 radical (unpaired) electrons. The fraction of sp³-hybridized carbons (Fsp3) is 0.381. The molecule has 3 rings (SSSR count). The average Bonchev–Trinajstić information content (AvgIpc) is 2.71. The molecule has 30 heavy (non-hydrogen) atoms. The van der Waals surface area contributed by atoms with Crippen molar-refractivity contribution in [3.8, 4) is 0 Å². The third kappa shape index (κ3) is 5.53. The average molecular weight is 471 g/mol. The van der Waals surface area contributed by atoms with Crippen LogP contribution in [0.25, 0.3) is 0 Å². The summed E-state index contributed by atoms with van der Waals surface area (Å²) in [5.74, 6) is 0.202. The quantitative estimate of drug-likeness (QED) is 0.681. The molecule has 0 unspecified atom stereocenters. The van der Waals surface area contributed by atoms with Crippen LogP contribution >= 0.6 is 23.2 Å². The number of anilines is 1. The van der Waals surface area contributed by atoms with E-state index in [1.54, 1.807) is 30.3 Å². The molecule has 1 fully saturated rings. The smallest absolute Gasteiger partial charge is 0.279 e. The minimum absolute atomic E-state index is 0.149. The molecule has 9 heteroatoms. The molecule has 1 aliphatic heterocycles. The van der Waals surface area contributed by atoms with Gasteiger partial charge in [-0.2, -0.15) is 4.31 Å². The summed E-state index contributed by atoms with van der Waals surface area (Å²) < 4.78 is 27.3. The molecular formula is C21H26Cl2N3O3S+. The van der Waals surface area contributed by atoms with Gasteiger partial charge in [-0.05, 0) is 41.8 Å². The molecular weight excluding hydrogens is 445 g/mol. The first-order valence-electron chi connectivity index (χ1n) is 9.85. The Morgan fingerprint density at radius 1 is 1.07 bits per heavy atom. The van der Waals surface area contributed by atoms with Crippen molar-refractivity contribution in [2.75, 3.05) is 38.0 Å². The first-order valence-corrected chi connectivity index (χ1v) is 12.0. The number of hydrogen-bond acceptors (Lipinski definition) is 3. The van der Waals surface area contributed by atoms with Crippen molar-refractivity contribution < 1.29 is 18.1 Å². The Kier molecular flexibility index (Phi) is 7.42. The van der Waals surface area contributed by atoms with Crippen LogP contribution in [0.4, 0.5) is 5.69 Å². The van der Waals surface area contributed by atoms with E-state index < -0.39 is 10.0 Å². The van der Waals surface area contributed by atoms with Crippen molar-refractivity contribution in [1.29, 1.82) is 0 Å². The highest BCUT2D eigenvalue weighted by Gasteiger charge is 2.31. The number of benzene rings is 2. The summed E-state index contributed by atoms with van der Waals surface area (Å²) in [6.07, 6.45) is 0. The molecule has 0 aromatic heterocycles. The number of piperazine rings is 1. The van der Waals surface area contributed by atoms with Gasteiger partial charge in [0.15, 0.2) is 6.54 Å². The van der Waals surface area contributed by atoms with Crippen LogP contribution in [0.5, 0.6) is 0 Å². The Bertz CT molecular complexity index is 1000. The summed E-state index contributed by atoms with van der Waals surface area (Å²) in [7, 11) is -3.52. The number of hydrogen-bond donors (Lipinski definition) is 2. The van der Waals surface area contributed by atoms with Crippen LogP contribution in [0, 0.1) is 0 Å². The summed E-state index contributed by atoms with van der Waals surface area (Å²) in [5.41, 5.74) is 1.69. The number of sulfonamides is 1. The summed E-state index contributed by atoms with van der Waals surface area (Å²) in [6.45, 7) is 6.30. The van der Waals surface area contributed by atoms with Gasteiger partial charge in [-0.3, -0.25) is 4.79 Å². The number of rotatable bonds is 6. The molecule has 2 aromatic rings. The molecule has 0 spiro atoms. The summed E-state index contributed by atoms with van der Waals surface area (Å²) in [4.78, 5) is 13.7. The highest BCUT2D eigenvalue weighted by atomic mass is 35.5. The largest absolute Gasteiger partial charge is 0.325 e. The van der Waals surface area contributed by atoms with Crippen LogP contribution in [0.3, 0.4) is 0 Å². The van der Waals surface area contributed by atoms with Crippen LogP contribution in [0.15, 0.2) is 47.4 Å². The predicted molar refractivity (Wildman–Crippen MR) is 120 cm³/mol. The van der Waals surface area contributed by atoms with Crippen molar-refractivity contribution in [2.45, 2.75) is 24.7 Å². The predicted octanol–water partition coefficient (Wildman–Crippen LogP) is 2.64. The topological polar surface area (TPSA) is 70.9 Å². The van der Waals surface area contributed by atoms with Gasteiger partial charge in [0.1, 0.15) is 0 Å². The van der Waals surface area contributed by atoms with E-state index in [0.717, 1.165) is 10.5 Å². The minimum atomic E-state index is -3.52. The number of quaternary nitrogens is 1. The second kappa shape index (κ2) is 9.66. The van der Waals surface area contributed by atoms with Gasteiger partial charge >= 0.3 is 0 Å². The fourth-order valence-electron chi connectivity index (χ4n) is 3.40. The second-order valence-corrected chi connectivity index (χ2v) is 10.5. The lowest BCUT2D eigenvalue weighted by molar-refractivity contribution is -0.895. The van der Waals surface area contributed by atoms with Gasteiger partial charge in [-0.25, -0.2) is 8.42 Å². The van der Waals surface area contributed by atoms with Gasteiger partial charge in [0, 0.05) is 5.69 Å². The van der Waals surface area contributed by atoms with E-state index in [1.165, 1.54) is 4.31 Å². The number of carbonyl (C=O) groups is 1. The lowest BCUT2D eigenvalue weighted by Crippen LogP contribution is -3.15. The van der Waals surface area contributed by atoms with E-state index in [1.807, 2.05) is 12.1 Å². The SMILES string of the molecule is CC(C)c1ccc(S(=O)(=O)N2CC[NH+](CC(=O)Nc3ccc(Cl)c(Cl)c3)CC2)cc1. The van der Waals surface area contributed by atoms with Crippen molar-refractivity contribution in [2.24, 2.45) is 0 Å². The van der Waals surface area contributed by atoms with Crippen molar-refractivity contribution in [3.63, 3.8) is 0 Å². The molecule has 0 aliphatic carbocycles. The van der Waals surface area contributed by atoms with Crippen molar-refractivity contribution in [1.82, 2.24) is 4.31 Å². The Morgan fingerprint density at radius 3 is 2.27 bits per heavy atom. The van der Waals surface area contributed by atoms with Gasteiger partial charge in [-0.1, -0.05) is 49.2 Å². The molecule has 1 aliphatic rings. The Morgan fingerprint density at radius 2 is 1.70 bits per heavy atom. The molecule has 1 heterocycles. The zero-order valence-corrected chi connectivity index (χ0v) is 19.3. The number of halogens is 2. The molecule has 1 amide bonds. The van der Waals surface area contributed by atoms with Crippen LogP contribution in [-0.4, -0.2) is 51.4 Å². The Balaban J connectivity index is 1.54. The molecule has 0 atom stereocenters. The molecule has 2 N–H and O–H groups in total. The summed E-state index contributed by atoms with van der Waals surface area (Å²) in [6, 6.07) is 12.0. The molecule has 6 nitrogen and oxygen atoms in total. The molecule has 0 saturated carbocycles. The van der Waals surface area contributed by atoms with Gasteiger partial charge in [0.2, 0.25) is 10.0 Å². The zero-order valence-electron chi connectivity index (χ0n) is 17.0. The monoisotopic (exact) mass is 470 g/mol. The number of amides is 1. The lowest BCUT2D eigenvalue weighted by Gasteiger charge is -2.31. The maximum absolute atomic E-state index is 12.9. The molecule has 1 saturated heterocycles. The number of nitrogens with zero attached hydrogens (tertiary/aromatic N) is 1. The molecule has 162 valence electrons. The molecule has 0 bridgehead atoms. The van der Waals surface area contributed by atoms with E-state index in [2.05, 4.69) is 19.2 Å². The van der Waals surface area contributed by atoms with Gasteiger partial charge < -0.3 is 10.2 Å². The number of nitrogens with one attached hydrogen (secondary N) is 2. The number of carbonyl (C=O) groups excluding carboxylic acids is 1. The van der Waals surface area contributed by atoms with Crippen LogP contribution in [0.1, 0.15) is 25.3 Å². The Labute approximate surface area is 187 Å². The lowest BCUT2D eigenvalue weighted by atomic mass is 10.0. The second-order valence-electron chi connectivity index (χ2n) is 7.73. The van der Waals surface area contributed by atoms with E-state index >= 15 is 0 Å².